The van der Waals surface area contributed by atoms with Gasteiger partial charge in [0.15, 0.2) is 0 Å². The lowest BCUT2D eigenvalue weighted by Gasteiger charge is -2.18. The second-order valence-electron chi connectivity index (χ2n) is 4.42. The van der Waals surface area contributed by atoms with Crippen molar-refractivity contribution in [2.75, 3.05) is 13.1 Å². The number of hydrogen-bond acceptors (Lipinski definition) is 2. The Bertz CT molecular complexity index is 609. The van der Waals surface area contributed by atoms with Gasteiger partial charge in [-0.15, -0.1) is 0 Å². The first-order valence-electron chi connectivity index (χ1n) is 6.66. The molecule has 0 unspecified atom stereocenters. The van der Waals surface area contributed by atoms with Crippen LogP contribution in [-0.4, -0.2) is 28.9 Å². The maximum Gasteiger partial charge on any atom is 0.255 e. The summed E-state index contributed by atoms with van der Waals surface area (Å²) in [7, 11) is 0. The number of hydrogen-bond donors (Lipinski definition) is 0. The standard InChI is InChI=1S/C16H17FN2O/c1-3-19(4-2)16(20)13-9-12(10-18-11-13)14-7-5-6-8-15(14)17/h5-11H,3-4H2,1-2H3. The molecule has 0 radical (unpaired) electrons. The minimum Gasteiger partial charge on any atom is -0.339 e. The molecule has 104 valence electrons. The van der Waals surface area contributed by atoms with Crippen molar-refractivity contribution in [1.29, 1.82) is 0 Å². The molecule has 0 bridgehead atoms. The molecule has 1 aromatic heterocycles. The van der Waals surface area contributed by atoms with E-state index in [0.29, 0.717) is 29.8 Å². The molecule has 0 aliphatic carbocycles. The zero-order valence-electron chi connectivity index (χ0n) is 11.6. The number of aromatic nitrogens is 1. The fraction of sp³-hybridized carbons (Fsp3) is 0.250. The highest BCUT2D eigenvalue weighted by Crippen LogP contribution is 2.22. The molecule has 2 aromatic rings. The van der Waals surface area contributed by atoms with Gasteiger partial charge in [0.25, 0.3) is 5.91 Å². The van der Waals surface area contributed by atoms with E-state index < -0.39 is 0 Å². The Labute approximate surface area is 118 Å². The van der Waals surface area contributed by atoms with Crippen LogP contribution in [0.15, 0.2) is 42.7 Å². The van der Waals surface area contributed by atoms with Crippen LogP contribution < -0.4 is 0 Å². The van der Waals surface area contributed by atoms with Crippen LogP contribution in [0.4, 0.5) is 4.39 Å². The Morgan fingerprint density at radius 3 is 2.55 bits per heavy atom. The van der Waals surface area contributed by atoms with Crippen LogP contribution in [0.5, 0.6) is 0 Å². The molecule has 0 saturated heterocycles. The van der Waals surface area contributed by atoms with Crippen molar-refractivity contribution in [3.8, 4) is 11.1 Å². The van der Waals surface area contributed by atoms with Crippen LogP contribution in [0.2, 0.25) is 0 Å². The molecule has 20 heavy (non-hydrogen) atoms. The summed E-state index contributed by atoms with van der Waals surface area (Å²) in [6.07, 6.45) is 3.09. The number of carbonyl (C=O) groups excluding carboxylic acids is 1. The Morgan fingerprint density at radius 1 is 1.20 bits per heavy atom. The van der Waals surface area contributed by atoms with Crippen molar-refractivity contribution < 1.29 is 9.18 Å². The Hall–Kier alpha value is -2.23. The first-order valence-corrected chi connectivity index (χ1v) is 6.66. The summed E-state index contributed by atoms with van der Waals surface area (Å²) in [6.45, 7) is 5.13. The number of carbonyl (C=O) groups is 1. The highest BCUT2D eigenvalue weighted by atomic mass is 19.1. The predicted molar refractivity (Wildman–Crippen MR) is 76.9 cm³/mol. The maximum atomic E-state index is 13.8. The largest absolute Gasteiger partial charge is 0.339 e. The third kappa shape index (κ3) is 2.85. The van der Waals surface area contributed by atoms with Crippen molar-refractivity contribution in [3.63, 3.8) is 0 Å². The third-order valence-corrected chi connectivity index (χ3v) is 3.22. The quantitative estimate of drug-likeness (QED) is 0.855. The summed E-state index contributed by atoms with van der Waals surface area (Å²) < 4.78 is 13.8. The van der Waals surface area contributed by atoms with Crippen LogP contribution in [0.3, 0.4) is 0 Å². The van der Waals surface area contributed by atoms with E-state index in [0.717, 1.165) is 0 Å². The first-order chi connectivity index (χ1) is 9.67. The molecule has 0 saturated carbocycles. The predicted octanol–water partition coefficient (Wildman–Crippen LogP) is 3.37. The SMILES string of the molecule is CCN(CC)C(=O)c1cncc(-c2ccccc2F)c1. The molecule has 0 spiro atoms. The van der Waals surface area contributed by atoms with E-state index >= 15 is 0 Å². The molecule has 4 heteroatoms. The van der Waals surface area contributed by atoms with Crippen molar-refractivity contribution in [3.05, 3.63) is 54.1 Å². The molecule has 0 aliphatic rings. The second kappa shape index (κ2) is 6.28. The lowest BCUT2D eigenvalue weighted by atomic mass is 10.1. The van der Waals surface area contributed by atoms with Crippen molar-refractivity contribution in [2.24, 2.45) is 0 Å². The van der Waals surface area contributed by atoms with Gasteiger partial charge in [0.05, 0.1) is 5.56 Å². The van der Waals surface area contributed by atoms with Gasteiger partial charge in [0.2, 0.25) is 0 Å². The number of nitrogens with zero attached hydrogens (tertiary/aromatic N) is 2. The van der Waals surface area contributed by atoms with Crippen LogP contribution in [0.1, 0.15) is 24.2 Å². The van der Waals surface area contributed by atoms with Gasteiger partial charge in [-0.3, -0.25) is 9.78 Å². The summed E-state index contributed by atoms with van der Waals surface area (Å²) in [4.78, 5) is 18.0. The fourth-order valence-corrected chi connectivity index (χ4v) is 2.09. The molecular weight excluding hydrogens is 255 g/mol. The van der Waals surface area contributed by atoms with Gasteiger partial charge in [-0.05, 0) is 26.0 Å². The minimum atomic E-state index is -0.318. The van der Waals surface area contributed by atoms with Crippen LogP contribution in [-0.2, 0) is 0 Å². The monoisotopic (exact) mass is 272 g/mol. The molecule has 2 rings (SSSR count). The van der Waals surface area contributed by atoms with Crippen LogP contribution >= 0.6 is 0 Å². The van der Waals surface area contributed by atoms with Gasteiger partial charge in [0, 0.05) is 36.6 Å². The molecule has 0 N–H and O–H groups in total. The molecule has 3 nitrogen and oxygen atoms in total. The van der Waals surface area contributed by atoms with Gasteiger partial charge < -0.3 is 4.90 Å². The van der Waals surface area contributed by atoms with Gasteiger partial charge in [0.1, 0.15) is 5.82 Å². The smallest absolute Gasteiger partial charge is 0.255 e. The molecular formula is C16H17FN2O. The average molecular weight is 272 g/mol. The zero-order chi connectivity index (χ0) is 14.5. The van der Waals surface area contributed by atoms with E-state index in [2.05, 4.69) is 4.98 Å². The van der Waals surface area contributed by atoms with E-state index in [4.69, 9.17) is 0 Å². The van der Waals surface area contributed by atoms with Gasteiger partial charge in [-0.1, -0.05) is 18.2 Å². The lowest BCUT2D eigenvalue weighted by Crippen LogP contribution is -2.30. The van der Waals surface area contributed by atoms with E-state index in [-0.39, 0.29) is 11.7 Å². The summed E-state index contributed by atoms with van der Waals surface area (Å²) in [5.41, 5.74) is 1.55. The summed E-state index contributed by atoms with van der Waals surface area (Å²) in [5, 5.41) is 0. The highest BCUT2D eigenvalue weighted by Gasteiger charge is 2.14. The number of amides is 1. The fourth-order valence-electron chi connectivity index (χ4n) is 2.09. The van der Waals surface area contributed by atoms with Gasteiger partial charge >= 0.3 is 0 Å². The maximum absolute atomic E-state index is 13.8. The molecule has 0 atom stereocenters. The van der Waals surface area contributed by atoms with Gasteiger partial charge in [-0.2, -0.15) is 0 Å². The lowest BCUT2D eigenvalue weighted by molar-refractivity contribution is 0.0772. The minimum absolute atomic E-state index is 0.0827. The Kier molecular flexibility index (Phi) is 4.45. The molecule has 1 heterocycles. The zero-order valence-corrected chi connectivity index (χ0v) is 11.6. The van der Waals surface area contributed by atoms with E-state index in [1.807, 2.05) is 13.8 Å². The third-order valence-electron chi connectivity index (χ3n) is 3.22. The van der Waals surface area contributed by atoms with E-state index in [1.54, 1.807) is 35.4 Å². The summed E-state index contributed by atoms with van der Waals surface area (Å²) >= 11 is 0. The first kappa shape index (κ1) is 14.2. The summed E-state index contributed by atoms with van der Waals surface area (Å²) in [6, 6.07) is 8.16. The topological polar surface area (TPSA) is 33.2 Å². The van der Waals surface area contributed by atoms with Gasteiger partial charge in [-0.25, -0.2) is 4.39 Å². The normalized spacial score (nSPS) is 10.3. The van der Waals surface area contributed by atoms with Crippen LogP contribution in [0, 0.1) is 5.82 Å². The number of pyridine rings is 1. The van der Waals surface area contributed by atoms with Crippen molar-refractivity contribution in [2.45, 2.75) is 13.8 Å². The van der Waals surface area contributed by atoms with E-state index in [9.17, 15) is 9.18 Å². The average Bonchev–Trinajstić information content (AvgIpc) is 2.49. The van der Waals surface area contributed by atoms with Crippen molar-refractivity contribution >= 4 is 5.91 Å². The number of benzene rings is 1. The number of halogens is 1. The molecule has 0 aliphatic heterocycles. The van der Waals surface area contributed by atoms with Crippen LogP contribution in [0.25, 0.3) is 11.1 Å². The number of rotatable bonds is 4. The van der Waals surface area contributed by atoms with Crippen molar-refractivity contribution in [1.82, 2.24) is 9.88 Å². The molecule has 1 amide bonds. The highest BCUT2D eigenvalue weighted by molar-refractivity contribution is 5.95. The Balaban J connectivity index is 2.38. The Morgan fingerprint density at radius 2 is 1.90 bits per heavy atom. The molecule has 1 aromatic carbocycles. The summed E-state index contributed by atoms with van der Waals surface area (Å²) in [5.74, 6) is -0.401. The molecule has 0 fully saturated rings. The van der Waals surface area contributed by atoms with E-state index in [1.165, 1.54) is 12.3 Å². The second-order valence-corrected chi connectivity index (χ2v) is 4.42.